The summed E-state index contributed by atoms with van der Waals surface area (Å²) in [5, 5.41) is 11.2. The van der Waals surface area contributed by atoms with Crippen LogP contribution in [0.25, 0.3) is 0 Å². The predicted molar refractivity (Wildman–Crippen MR) is 124 cm³/mol. The molecule has 1 saturated heterocycles. The van der Waals surface area contributed by atoms with Gasteiger partial charge in [0.15, 0.2) is 6.10 Å². The normalized spacial score (nSPS) is 23.3. The van der Waals surface area contributed by atoms with Crippen molar-refractivity contribution in [2.75, 3.05) is 0 Å². The van der Waals surface area contributed by atoms with Gasteiger partial charge in [-0.3, -0.25) is 4.79 Å². The SMILES string of the molecule is C=CCC1CC(c2cccc(Cl)c2)C(c2ccc(Cl)cc2)N(C(CC)C(O)C(F)(F)F)C1=O. The minimum Gasteiger partial charge on any atom is -0.382 e. The molecule has 0 aliphatic carbocycles. The van der Waals surface area contributed by atoms with Crippen LogP contribution >= 0.6 is 23.2 Å². The number of allylic oxidation sites excluding steroid dienone is 1. The second-order valence-corrected chi connectivity index (χ2v) is 9.20. The highest BCUT2D eigenvalue weighted by atomic mass is 35.5. The van der Waals surface area contributed by atoms with Gasteiger partial charge in [0.05, 0.1) is 12.1 Å². The smallest absolute Gasteiger partial charge is 0.382 e. The summed E-state index contributed by atoms with van der Waals surface area (Å²) >= 11 is 12.3. The molecule has 33 heavy (non-hydrogen) atoms. The number of alkyl halides is 3. The number of rotatable bonds is 7. The first-order chi connectivity index (χ1) is 15.6. The zero-order chi connectivity index (χ0) is 24.3. The largest absolute Gasteiger partial charge is 0.416 e. The van der Waals surface area contributed by atoms with E-state index in [0.29, 0.717) is 28.5 Å². The highest BCUT2D eigenvalue weighted by Gasteiger charge is 2.52. The molecule has 3 nitrogen and oxygen atoms in total. The Bertz CT molecular complexity index is 980. The van der Waals surface area contributed by atoms with Gasteiger partial charge in [0.25, 0.3) is 0 Å². The summed E-state index contributed by atoms with van der Waals surface area (Å²) in [6, 6.07) is 11.7. The Kier molecular flexibility index (Phi) is 8.14. The summed E-state index contributed by atoms with van der Waals surface area (Å²) < 4.78 is 40.9. The van der Waals surface area contributed by atoms with Gasteiger partial charge >= 0.3 is 6.18 Å². The van der Waals surface area contributed by atoms with E-state index in [9.17, 15) is 23.1 Å². The molecule has 1 heterocycles. The lowest BCUT2D eigenvalue weighted by Gasteiger charge is -2.49. The average Bonchev–Trinajstić information content (AvgIpc) is 2.76. The summed E-state index contributed by atoms with van der Waals surface area (Å²) in [7, 11) is 0. The van der Waals surface area contributed by atoms with Crippen LogP contribution in [0, 0.1) is 5.92 Å². The number of nitrogens with zero attached hydrogens (tertiary/aromatic N) is 1. The Hall–Kier alpha value is -2.02. The second kappa shape index (κ2) is 10.5. The second-order valence-electron chi connectivity index (χ2n) is 8.32. The first-order valence-electron chi connectivity index (χ1n) is 10.8. The van der Waals surface area contributed by atoms with Crippen molar-refractivity contribution in [2.45, 2.75) is 56.5 Å². The Morgan fingerprint density at radius 1 is 1.15 bits per heavy atom. The number of hydrogen-bond acceptors (Lipinski definition) is 2. The van der Waals surface area contributed by atoms with Crippen molar-refractivity contribution in [3.05, 3.63) is 82.4 Å². The topological polar surface area (TPSA) is 40.5 Å². The van der Waals surface area contributed by atoms with E-state index in [1.165, 1.54) is 11.8 Å². The highest BCUT2D eigenvalue weighted by Crippen LogP contribution is 2.48. The van der Waals surface area contributed by atoms with Gasteiger partial charge in [0.1, 0.15) is 0 Å². The van der Waals surface area contributed by atoms with Gasteiger partial charge in [0, 0.05) is 21.9 Å². The van der Waals surface area contributed by atoms with E-state index in [2.05, 4.69) is 6.58 Å². The minimum absolute atomic E-state index is 0.0699. The number of halogens is 5. The van der Waals surface area contributed by atoms with Crippen molar-refractivity contribution >= 4 is 29.1 Å². The van der Waals surface area contributed by atoms with Gasteiger partial charge in [-0.25, -0.2) is 0 Å². The number of aliphatic hydroxyl groups excluding tert-OH is 1. The minimum atomic E-state index is -4.87. The van der Waals surface area contributed by atoms with Crippen molar-refractivity contribution in [3.63, 3.8) is 0 Å². The summed E-state index contributed by atoms with van der Waals surface area (Å²) in [5.74, 6) is -1.34. The molecule has 0 saturated carbocycles. The molecule has 0 spiro atoms. The van der Waals surface area contributed by atoms with E-state index < -0.39 is 36.2 Å². The fraction of sp³-hybridized carbons (Fsp3) is 0.400. The Morgan fingerprint density at radius 3 is 2.36 bits per heavy atom. The number of benzene rings is 2. The molecule has 2 aromatic rings. The molecule has 0 aromatic heterocycles. The standard InChI is InChI=1S/C25H26Cl2F3NO2/c1-3-6-17-14-20(16-7-5-8-19(27)13-16)22(15-9-11-18(26)12-10-15)31(24(17)33)21(4-2)23(32)25(28,29)30/h3,5,7-13,17,20-23,32H,1,4,6,14H2,2H3. The van der Waals surface area contributed by atoms with Crippen molar-refractivity contribution < 1.29 is 23.1 Å². The van der Waals surface area contributed by atoms with E-state index in [1.807, 2.05) is 6.07 Å². The monoisotopic (exact) mass is 499 g/mol. The lowest BCUT2D eigenvalue weighted by Crippen LogP contribution is -2.57. The predicted octanol–water partition coefficient (Wildman–Crippen LogP) is 6.94. The maximum Gasteiger partial charge on any atom is 0.416 e. The van der Waals surface area contributed by atoms with E-state index in [1.54, 1.807) is 48.5 Å². The van der Waals surface area contributed by atoms with Gasteiger partial charge in [0.2, 0.25) is 5.91 Å². The number of carbonyl (C=O) groups excluding carboxylic acids is 1. The van der Waals surface area contributed by atoms with E-state index >= 15 is 0 Å². The van der Waals surface area contributed by atoms with Gasteiger partial charge in [-0.2, -0.15) is 13.2 Å². The first-order valence-corrected chi connectivity index (χ1v) is 11.5. The van der Waals surface area contributed by atoms with Crippen LogP contribution in [0.2, 0.25) is 10.0 Å². The molecule has 1 aliphatic rings. The highest BCUT2D eigenvalue weighted by molar-refractivity contribution is 6.30. The van der Waals surface area contributed by atoms with Gasteiger partial charge in [-0.1, -0.05) is 60.5 Å². The maximum atomic E-state index is 13.6. The maximum absolute atomic E-state index is 13.6. The first kappa shape index (κ1) is 25.6. The summed E-state index contributed by atoms with van der Waals surface area (Å²) in [6.45, 7) is 5.26. The Balaban J connectivity index is 2.22. The summed E-state index contributed by atoms with van der Waals surface area (Å²) in [6.07, 6.45) is -5.29. The van der Waals surface area contributed by atoms with Gasteiger partial charge < -0.3 is 10.0 Å². The third kappa shape index (κ3) is 5.56. The van der Waals surface area contributed by atoms with Crippen LogP contribution in [0.5, 0.6) is 0 Å². The number of hydrogen-bond donors (Lipinski definition) is 1. The molecule has 3 rings (SSSR count). The van der Waals surface area contributed by atoms with Crippen molar-refractivity contribution in [1.29, 1.82) is 0 Å². The molecule has 8 heteroatoms. The molecule has 1 fully saturated rings. The fourth-order valence-electron chi connectivity index (χ4n) is 4.74. The molecule has 5 atom stereocenters. The summed E-state index contributed by atoms with van der Waals surface area (Å²) in [4.78, 5) is 14.8. The lowest BCUT2D eigenvalue weighted by molar-refractivity contribution is -0.226. The molecule has 1 amide bonds. The Morgan fingerprint density at radius 2 is 1.82 bits per heavy atom. The third-order valence-corrected chi connectivity index (χ3v) is 6.73. The third-order valence-electron chi connectivity index (χ3n) is 6.24. The van der Waals surface area contributed by atoms with Crippen LogP contribution in [0.15, 0.2) is 61.2 Å². The molecule has 1 aliphatic heterocycles. The van der Waals surface area contributed by atoms with Crippen LogP contribution in [-0.4, -0.2) is 34.2 Å². The molecule has 0 radical (unpaired) electrons. The number of piperidine rings is 1. The molecule has 2 aromatic carbocycles. The lowest BCUT2D eigenvalue weighted by atomic mass is 9.74. The number of amides is 1. The number of carbonyl (C=O) groups is 1. The van der Waals surface area contributed by atoms with E-state index in [0.717, 1.165) is 5.56 Å². The molecule has 0 bridgehead atoms. The van der Waals surface area contributed by atoms with Crippen LogP contribution in [0.3, 0.4) is 0 Å². The van der Waals surface area contributed by atoms with E-state index in [-0.39, 0.29) is 12.3 Å². The number of likely N-dealkylation sites (tertiary alicyclic amines) is 1. The summed E-state index contributed by atoms with van der Waals surface area (Å²) in [5.41, 5.74) is 1.45. The average molecular weight is 500 g/mol. The van der Waals surface area contributed by atoms with E-state index in [4.69, 9.17) is 23.2 Å². The molecule has 5 unspecified atom stereocenters. The molecular weight excluding hydrogens is 474 g/mol. The van der Waals surface area contributed by atoms with Crippen LogP contribution in [0.1, 0.15) is 49.3 Å². The van der Waals surface area contributed by atoms with Crippen LogP contribution < -0.4 is 0 Å². The van der Waals surface area contributed by atoms with Crippen molar-refractivity contribution in [2.24, 2.45) is 5.92 Å². The molecular formula is C25H26Cl2F3NO2. The molecule has 178 valence electrons. The zero-order valence-corrected chi connectivity index (χ0v) is 19.6. The quantitative estimate of drug-likeness (QED) is 0.419. The number of aliphatic hydroxyl groups is 1. The van der Waals surface area contributed by atoms with Gasteiger partial charge in [-0.05, 0) is 54.7 Å². The van der Waals surface area contributed by atoms with Crippen molar-refractivity contribution in [3.8, 4) is 0 Å². The molecule has 1 N–H and O–H groups in total. The van der Waals surface area contributed by atoms with Gasteiger partial charge in [-0.15, -0.1) is 6.58 Å². The van der Waals surface area contributed by atoms with Crippen molar-refractivity contribution in [1.82, 2.24) is 4.90 Å². The van der Waals surface area contributed by atoms with Crippen LogP contribution in [0.4, 0.5) is 13.2 Å². The Labute approximate surface area is 201 Å². The fourth-order valence-corrected chi connectivity index (χ4v) is 5.07. The van der Waals surface area contributed by atoms with Crippen LogP contribution in [-0.2, 0) is 4.79 Å². The zero-order valence-electron chi connectivity index (χ0n) is 18.1.